The molecular formula is C21H22O2Si. The maximum absolute atomic E-state index is 10.4. The van der Waals surface area contributed by atoms with Crippen molar-refractivity contribution < 1.29 is 9.84 Å². The van der Waals surface area contributed by atoms with Crippen LogP contribution in [-0.4, -0.2) is 20.3 Å². The van der Waals surface area contributed by atoms with Crippen molar-refractivity contribution in [3.05, 3.63) is 65.2 Å². The standard InChI is InChI=1S/C21H22O2Si/c1-23-19-10-7-8-17(16-19)12-13-18-9-5-6-11-20(18)21(22)14-15-24(2,3)4/h5-11,16,21-22H,1-4H3. The Morgan fingerprint density at radius 1 is 1.00 bits per heavy atom. The van der Waals surface area contributed by atoms with E-state index in [9.17, 15) is 5.11 Å². The van der Waals surface area contributed by atoms with Gasteiger partial charge >= 0.3 is 0 Å². The van der Waals surface area contributed by atoms with Gasteiger partial charge in [0.05, 0.1) is 7.11 Å². The highest BCUT2D eigenvalue weighted by molar-refractivity contribution is 6.83. The van der Waals surface area contributed by atoms with Crippen molar-refractivity contribution in [2.24, 2.45) is 0 Å². The van der Waals surface area contributed by atoms with Gasteiger partial charge in [-0.2, -0.15) is 0 Å². The number of hydrogen-bond acceptors (Lipinski definition) is 2. The fourth-order valence-corrected chi connectivity index (χ4v) is 2.62. The summed E-state index contributed by atoms with van der Waals surface area (Å²) >= 11 is 0. The van der Waals surface area contributed by atoms with Crippen LogP contribution in [0.25, 0.3) is 0 Å². The molecule has 0 heterocycles. The highest BCUT2D eigenvalue weighted by Crippen LogP contribution is 2.18. The molecule has 0 saturated heterocycles. The topological polar surface area (TPSA) is 29.5 Å². The Morgan fingerprint density at radius 2 is 1.75 bits per heavy atom. The van der Waals surface area contributed by atoms with E-state index in [1.807, 2.05) is 48.5 Å². The molecule has 0 aliphatic carbocycles. The van der Waals surface area contributed by atoms with Crippen LogP contribution >= 0.6 is 0 Å². The predicted octanol–water partition coefficient (Wildman–Crippen LogP) is 4.01. The highest BCUT2D eigenvalue weighted by atomic mass is 28.3. The lowest BCUT2D eigenvalue weighted by atomic mass is 10.0. The van der Waals surface area contributed by atoms with E-state index in [1.54, 1.807) is 7.11 Å². The zero-order chi connectivity index (χ0) is 17.6. The van der Waals surface area contributed by atoms with Gasteiger partial charge in [0.2, 0.25) is 0 Å². The van der Waals surface area contributed by atoms with E-state index in [2.05, 4.69) is 42.9 Å². The van der Waals surface area contributed by atoms with E-state index in [0.717, 1.165) is 22.4 Å². The molecule has 2 aromatic carbocycles. The summed E-state index contributed by atoms with van der Waals surface area (Å²) in [6, 6.07) is 15.2. The molecule has 2 nitrogen and oxygen atoms in total. The van der Waals surface area contributed by atoms with Crippen molar-refractivity contribution >= 4 is 8.07 Å². The van der Waals surface area contributed by atoms with Crippen LogP contribution in [0.3, 0.4) is 0 Å². The number of methoxy groups -OCH3 is 1. The molecule has 0 amide bonds. The van der Waals surface area contributed by atoms with E-state index in [0.29, 0.717) is 0 Å². The van der Waals surface area contributed by atoms with Gasteiger partial charge in [-0.25, -0.2) is 0 Å². The van der Waals surface area contributed by atoms with Crippen LogP contribution in [0.4, 0.5) is 0 Å². The van der Waals surface area contributed by atoms with Crippen molar-refractivity contribution in [2.75, 3.05) is 7.11 Å². The summed E-state index contributed by atoms with van der Waals surface area (Å²) in [5.74, 6) is 10.0. The molecule has 1 atom stereocenters. The average molecular weight is 334 g/mol. The minimum Gasteiger partial charge on any atom is -0.497 e. The van der Waals surface area contributed by atoms with Crippen LogP contribution in [-0.2, 0) is 0 Å². The van der Waals surface area contributed by atoms with Crippen molar-refractivity contribution in [1.29, 1.82) is 0 Å². The molecule has 1 N–H and O–H groups in total. The third kappa shape index (κ3) is 5.32. The van der Waals surface area contributed by atoms with Crippen LogP contribution in [0.1, 0.15) is 22.8 Å². The lowest BCUT2D eigenvalue weighted by molar-refractivity contribution is 0.238. The minimum atomic E-state index is -1.52. The number of ether oxygens (including phenoxy) is 1. The molecule has 2 aromatic rings. The Hall–Kier alpha value is -2.46. The molecule has 2 rings (SSSR count). The molecule has 0 spiro atoms. The molecule has 0 bridgehead atoms. The largest absolute Gasteiger partial charge is 0.497 e. The second-order valence-electron chi connectivity index (χ2n) is 6.49. The quantitative estimate of drug-likeness (QED) is 0.664. The van der Waals surface area contributed by atoms with E-state index in [-0.39, 0.29) is 0 Å². The monoisotopic (exact) mass is 334 g/mol. The zero-order valence-corrected chi connectivity index (χ0v) is 15.6. The van der Waals surface area contributed by atoms with Crippen LogP contribution in [0.15, 0.2) is 48.5 Å². The van der Waals surface area contributed by atoms with E-state index >= 15 is 0 Å². The first kappa shape index (κ1) is 17.9. The SMILES string of the molecule is COc1cccc(C#Cc2ccccc2C(O)C#C[Si](C)(C)C)c1. The summed E-state index contributed by atoms with van der Waals surface area (Å²) in [6.45, 7) is 6.46. The van der Waals surface area contributed by atoms with Gasteiger partial charge in [0.15, 0.2) is 0 Å². The van der Waals surface area contributed by atoms with Crippen molar-refractivity contribution in [3.8, 4) is 29.1 Å². The minimum absolute atomic E-state index is 0.749. The van der Waals surface area contributed by atoms with Crippen LogP contribution in [0.2, 0.25) is 19.6 Å². The summed E-state index contributed by atoms with van der Waals surface area (Å²) in [4.78, 5) is 0. The summed E-state index contributed by atoms with van der Waals surface area (Å²) in [5, 5.41) is 10.4. The first-order valence-electron chi connectivity index (χ1n) is 7.85. The third-order valence-corrected chi connectivity index (χ3v) is 4.14. The molecule has 3 heteroatoms. The van der Waals surface area contributed by atoms with Gasteiger partial charge in [0, 0.05) is 16.7 Å². The molecule has 0 saturated carbocycles. The molecule has 0 aromatic heterocycles. The first-order chi connectivity index (χ1) is 11.4. The van der Waals surface area contributed by atoms with Crippen molar-refractivity contribution in [1.82, 2.24) is 0 Å². The molecule has 0 radical (unpaired) electrons. The Morgan fingerprint density at radius 3 is 2.46 bits per heavy atom. The number of benzene rings is 2. The number of hydrogen-bond donors (Lipinski definition) is 1. The Bertz CT molecular complexity index is 826. The number of aliphatic hydroxyl groups is 1. The predicted molar refractivity (Wildman–Crippen MR) is 101 cm³/mol. The van der Waals surface area contributed by atoms with Gasteiger partial charge in [-0.1, -0.05) is 61.7 Å². The normalized spacial score (nSPS) is 11.5. The number of rotatable bonds is 2. The van der Waals surface area contributed by atoms with Crippen LogP contribution < -0.4 is 4.74 Å². The Kier molecular flexibility index (Phi) is 5.87. The molecule has 24 heavy (non-hydrogen) atoms. The molecule has 0 fully saturated rings. The van der Waals surface area contributed by atoms with Crippen molar-refractivity contribution in [2.45, 2.75) is 25.7 Å². The average Bonchev–Trinajstić information content (AvgIpc) is 2.57. The Labute approximate surface area is 145 Å². The lowest BCUT2D eigenvalue weighted by Gasteiger charge is -2.09. The first-order valence-corrected chi connectivity index (χ1v) is 11.3. The van der Waals surface area contributed by atoms with E-state index < -0.39 is 14.2 Å². The number of aliphatic hydroxyl groups excluding tert-OH is 1. The van der Waals surface area contributed by atoms with Gasteiger partial charge < -0.3 is 9.84 Å². The summed E-state index contributed by atoms with van der Waals surface area (Å²) in [5.41, 5.74) is 5.62. The molecule has 1 unspecified atom stereocenters. The molecular weight excluding hydrogens is 312 g/mol. The fraction of sp³-hybridized carbons (Fsp3) is 0.238. The summed E-state index contributed by atoms with van der Waals surface area (Å²) in [7, 11) is 0.111. The van der Waals surface area contributed by atoms with Gasteiger partial charge in [-0.15, -0.1) is 5.54 Å². The maximum Gasteiger partial charge on any atom is 0.140 e. The van der Waals surface area contributed by atoms with Gasteiger partial charge in [0.25, 0.3) is 0 Å². The maximum atomic E-state index is 10.4. The zero-order valence-electron chi connectivity index (χ0n) is 14.6. The van der Waals surface area contributed by atoms with Crippen molar-refractivity contribution in [3.63, 3.8) is 0 Å². The molecule has 0 aliphatic heterocycles. The van der Waals surface area contributed by atoms with E-state index in [4.69, 9.17) is 4.74 Å². The lowest BCUT2D eigenvalue weighted by Crippen LogP contribution is -2.17. The van der Waals surface area contributed by atoms with E-state index in [1.165, 1.54) is 0 Å². The molecule has 122 valence electrons. The smallest absolute Gasteiger partial charge is 0.140 e. The summed E-state index contributed by atoms with van der Waals surface area (Å²) in [6.07, 6.45) is -0.812. The fourth-order valence-electron chi connectivity index (χ4n) is 2.05. The highest BCUT2D eigenvalue weighted by Gasteiger charge is 2.11. The summed E-state index contributed by atoms with van der Waals surface area (Å²) < 4.78 is 5.21. The van der Waals surface area contributed by atoms with Gasteiger partial charge in [-0.05, 0) is 24.3 Å². The van der Waals surface area contributed by atoms with Crippen LogP contribution in [0.5, 0.6) is 5.75 Å². The molecule has 0 aliphatic rings. The second kappa shape index (κ2) is 7.88. The second-order valence-corrected chi connectivity index (χ2v) is 11.2. The third-order valence-electron chi connectivity index (χ3n) is 3.25. The van der Waals surface area contributed by atoms with Gasteiger partial charge in [0.1, 0.15) is 19.9 Å². The Balaban J connectivity index is 2.32. The van der Waals surface area contributed by atoms with Crippen LogP contribution in [0, 0.1) is 23.3 Å². The van der Waals surface area contributed by atoms with Gasteiger partial charge in [-0.3, -0.25) is 0 Å².